The van der Waals surface area contributed by atoms with Crippen LogP contribution in [0, 0.1) is 6.92 Å². The molecule has 1 heterocycles. The number of nitrogens with zero attached hydrogens (tertiary/aromatic N) is 2. The van der Waals surface area contributed by atoms with E-state index in [-0.39, 0.29) is 5.91 Å². The summed E-state index contributed by atoms with van der Waals surface area (Å²) in [4.78, 5) is 21.2. The Morgan fingerprint density at radius 1 is 0.935 bits per heavy atom. The van der Waals surface area contributed by atoms with Crippen LogP contribution in [0.25, 0.3) is 11.4 Å². The minimum Gasteiger partial charge on any atom is -0.439 e. The van der Waals surface area contributed by atoms with E-state index >= 15 is 0 Å². The van der Waals surface area contributed by atoms with E-state index in [9.17, 15) is 4.79 Å². The molecule has 0 radical (unpaired) electrons. The van der Waals surface area contributed by atoms with Crippen molar-refractivity contribution >= 4 is 5.91 Å². The fourth-order valence-electron chi connectivity index (χ4n) is 3.18. The minimum absolute atomic E-state index is 0.105. The third-order valence-electron chi connectivity index (χ3n) is 4.79. The zero-order valence-electron chi connectivity index (χ0n) is 17.3. The van der Waals surface area contributed by atoms with Crippen molar-refractivity contribution in [3.05, 3.63) is 108 Å². The van der Waals surface area contributed by atoms with E-state index in [1.165, 1.54) is 5.56 Å². The third-order valence-corrected chi connectivity index (χ3v) is 4.79. The Labute approximate surface area is 181 Å². The standard InChI is InChI=1S/C26H23N3O2/c1-19-6-5-9-22(18-19)25-27-17-15-24(29-25)31-23-12-10-21(11-13-23)26(30)28-16-14-20-7-3-2-4-8-20/h2-13,15,17-18H,14,16H2,1H3,(H,28,30). The number of rotatable bonds is 7. The van der Waals surface area contributed by atoms with Crippen molar-refractivity contribution in [2.75, 3.05) is 6.54 Å². The highest BCUT2D eigenvalue weighted by Crippen LogP contribution is 2.23. The van der Waals surface area contributed by atoms with Gasteiger partial charge in [-0.15, -0.1) is 0 Å². The zero-order chi connectivity index (χ0) is 21.5. The highest BCUT2D eigenvalue weighted by molar-refractivity contribution is 5.94. The monoisotopic (exact) mass is 409 g/mol. The number of hydrogen-bond acceptors (Lipinski definition) is 4. The molecule has 0 aliphatic heterocycles. The van der Waals surface area contributed by atoms with E-state index in [0.717, 1.165) is 17.5 Å². The lowest BCUT2D eigenvalue weighted by Gasteiger charge is -2.08. The molecule has 31 heavy (non-hydrogen) atoms. The topological polar surface area (TPSA) is 64.1 Å². The Kier molecular flexibility index (Phi) is 6.33. The molecule has 4 aromatic rings. The molecular formula is C26H23N3O2. The molecule has 3 aromatic carbocycles. The first-order valence-electron chi connectivity index (χ1n) is 10.2. The van der Waals surface area contributed by atoms with Crippen molar-refractivity contribution in [1.29, 1.82) is 0 Å². The first-order chi connectivity index (χ1) is 15.2. The fourth-order valence-corrected chi connectivity index (χ4v) is 3.18. The van der Waals surface area contributed by atoms with Crippen molar-refractivity contribution in [1.82, 2.24) is 15.3 Å². The summed E-state index contributed by atoms with van der Waals surface area (Å²) < 4.78 is 5.86. The van der Waals surface area contributed by atoms with Crippen LogP contribution in [0.5, 0.6) is 11.6 Å². The summed E-state index contributed by atoms with van der Waals surface area (Å²) in [7, 11) is 0. The maximum absolute atomic E-state index is 12.4. The van der Waals surface area contributed by atoms with Gasteiger partial charge in [-0.3, -0.25) is 4.79 Å². The van der Waals surface area contributed by atoms with Gasteiger partial charge in [0.05, 0.1) is 0 Å². The van der Waals surface area contributed by atoms with Gasteiger partial charge >= 0.3 is 0 Å². The molecule has 0 aliphatic carbocycles. The van der Waals surface area contributed by atoms with Crippen LogP contribution in [-0.4, -0.2) is 22.4 Å². The SMILES string of the molecule is Cc1cccc(-c2nccc(Oc3ccc(C(=O)NCCc4ccccc4)cc3)n2)c1. The molecule has 0 bridgehead atoms. The molecule has 0 aliphatic rings. The van der Waals surface area contributed by atoms with Gasteiger partial charge in [0.1, 0.15) is 5.75 Å². The van der Waals surface area contributed by atoms with Crippen LogP contribution in [0.15, 0.2) is 91.1 Å². The molecule has 5 heteroatoms. The van der Waals surface area contributed by atoms with E-state index in [2.05, 4.69) is 27.4 Å². The Bertz CT molecular complexity index is 1160. The number of ether oxygens (including phenoxy) is 1. The van der Waals surface area contributed by atoms with E-state index < -0.39 is 0 Å². The number of benzene rings is 3. The second kappa shape index (κ2) is 9.67. The van der Waals surface area contributed by atoms with Gasteiger partial charge < -0.3 is 10.1 Å². The van der Waals surface area contributed by atoms with Crippen LogP contribution < -0.4 is 10.1 Å². The molecule has 0 fully saturated rings. The molecule has 1 aromatic heterocycles. The summed E-state index contributed by atoms with van der Waals surface area (Å²) in [5, 5.41) is 2.95. The summed E-state index contributed by atoms with van der Waals surface area (Å²) in [6.45, 7) is 2.62. The molecule has 0 atom stereocenters. The highest BCUT2D eigenvalue weighted by atomic mass is 16.5. The third kappa shape index (κ3) is 5.54. The number of carbonyl (C=O) groups excluding carboxylic acids is 1. The largest absolute Gasteiger partial charge is 0.439 e. The quantitative estimate of drug-likeness (QED) is 0.455. The highest BCUT2D eigenvalue weighted by Gasteiger charge is 2.08. The van der Waals surface area contributed by atoms with Gasteiger partial charge in [0.15, 0.2) is 5.82 Å². The molecule has 5 nitrogen and oxygen atoms in total. The summed E-state index contributed by atoms with van der Waals surface area (Å²) in [5.41, 5.74) is 3.86. The normalized spacial score (nSPS) is 10.5. The van der Waals surface area contributed by atoms with E-state index in [1.807, 2.05) is 49.4 Å². The first kappa shape index (κ1) is 20.3. The van der Waals surface area contributed by atoms with Crippen molar-refractivity contribution in [2.24, 2.45) is 0 Å². The van der Waals surface area contributed by atoms with Crippen LogP contribution in [0.3, 0.4) is 0 Å². The van der Waals surface area contributed by atoms with E-state index in [4.69, 9.17) is 4.74 Å². The molecular weight excluding hydrogens is 386 g/mol. The summed E-state index contributed by atoms with van der Waals surface area (Å²) in [5.74, 6) is 1.56. The van der Waals surface area contributed by atoms with Gasteiger partial charge in [-0.25, -0.2) is 4.98 Å². The minimum atomic E-state index is -0.105. The fraction of sp³-hybridized carbons (Fsp3) is 0.115. The van der Waals surface area contributed by atoms with Crippen LogP contribution in [0.4, 0.5) is 0 Å². The van der Waals surface area contributed by atoms with Crippen molar-refractivity contribution in [3.8, 4) is 23.0 Å². The Hall–Kier alpha value is -3.99. The maximum atomic E-state index is 12.4. The van der Waals surface area contributed by atoms with E-state index in [1.54, 1.807) is 36.5 Å². The smallest absolute Gasteiger partial charge is 0.251 e. The predicted octanol–water partition coefficient (Wildman–Crippen LogP) is 5.22. The average molecular weight is 409 g/mol. The predicted molar refractivity (Wildman–Crippen MR) is 121 cm³/mol. The molecule has 0 saturated carbocycles. The number of amides is 1. The van der Waals surface area contributed by atoms with Crippen LogP contribution >= 0.6 is 0 Å². The maximum Gasteiger partial charge on any atom is 0.251 e. The number of carbonyl (C=O) groups is 1. The molecule has 0 spiro atoms. The van der Waals surface area contributed by atoms with Crippen LogP contribution in [0.1, 0.15) is 21.5 Å². The van der Waals surface area contributed by atoms with Crippen LogP contribution in [-0.2, 0) is 6.42 Å². The van der Waals surface area contributed by atoms with Gasteiger partial charge in [0, 0.05) is 29.9 Å². The lowest BCUT2D eigenvalue weighted by atomic mass is 10.1. The molecule has 1 amide bonds. The van der Waals surface area contributed by atoms with Gasteiger partial charge in [-0.05, 0) is 49.2 Å². The van der Waals surface area contributed by atoms with Crippen LogP contribution in [0.2, 0.25) is 0 Å². The van der Waals surface area contributed by atoms with E-state index in [0.29, 0.717) is 29.6 Å². The van der Waals surface area contributed by atoms with Crippen molar-refractivity contribution < 1.29 is 9.53 Å². The summed E-state index contributed by atoms with van der Waals surface area (Å²) in [6, 6.07) is 26.8. The molecule has 0 saturated heterocycles. The number of hydrogen-bond donors (Lipinski definition) is 1. The van der Waals surface area contributed by atoms with Crippen molar-refractivity contribution in [2.45, 2.75) is 13.3 Å². The zero-order valence-corrected chi connectivity index (χ0v) is 17.3. The Balaban J connectivity index is 1.36. The second-order valence-electron chi connectivity index (χ2n) is 7.21. The van der Waals surface area contributed by atoms with Gasteiger partial charge in [-0.2, -0.15) is 4.98 Å². The Morgan fingerprint density at radius 2 is 1.74 bits per heavy atom. The lowest BCUT2D eigenvalue weighted by molar-refractivity contribution is 0.0954. The molecule has 1 N–H and O–H groups in total. The number of aryl methyl sites for hydroxylation is 1. The summed E-state index contributed by atoms with van der Waals surface area (Å²) in [6.07, 6.45) is 2.47. The van der Waals surface area contributed by atoms with Crippen molar-refractivity contribution in [3.63, 3.8) is 0 Å². The lowest BCUT2D eigenvalue weighted by Crippen LogP contribution is -2.25. The number of aromatic nitrogens is 2. The Morgan fingerprint density at radius 3 is 2.52 bits per heavy atom. The van der Waals surface area contributed by atoms with Gasteiger partial charge in [-0.1, -0.05) is 54.1 Å². The first-order valence-corrected chi connectivity index (χ1v) is 10.2. The average Bonchev–Trinajstić information content (AvgIpc) is 2.80. The second-order valence-corrected chi connectivity index (χ2v) is 7.21. The van der Waals surface area contributed by atoms with Gasteiger partial charge in [0.2, 0.25) is 5.88 Å². The number of nitrogens with one attached hydrogen (secondary N) is 1. The van der Waals surface area contributed by atoms with Gasteiger partial charge in [0.25, 0.3) is 5.91 Å². The molecule has 4 rings (SSSR count). The molecule has 0 unspecified atom stereocenters. The molecule has 154 valence electrons. The summed E-state index contributed by atoms with van der Waals surface area (Å²) >= 11 is 0.